The van der Waals surface area contributed by atoms with Crippen LogP contribution in [0, 0.1) is 48.5 Å². The van der Waals surface area contributed by atoms with Crippen molar-refractivity contribution >= 4 is 43.1 Å². The highest BCUT2D eigenvalue weighted by Crippen LogP contribution is 2.56. The van der Waals surface area contributed by atoms with Gasteiger partial charge in [-0.05, 0) is 149 Å². The summed E-state index contributed by atoms with van der Waals surface area (Å²) < 4.78 is 0. The second-order valence-corrected chi connectivity index (χ2v) is 14.2. The molecule has 0 atom stereocenters. The summed E-state index contributed by atoms with van der Waals surface area (Å²) in [6.07, 6.45) is 0. The van der Waals surface area contributed by atoms with E-state index in [0.717, 1.165) is 77.2 Å². The lowest BCUT2D eigenvalue weighted by Crippen LogP contribution is -2.01. The molecule has 0 unspecified atom stereocenters. The summed E-state index contributed by atoms with van der Waals surface area (Å²) >= 11 is 0. The lowest BCUT2D eigenvalue weighted by Gasteiger charge is -2.26. The topological polar surface area (TPSA) is 80.9 Å². The fraction of sp³-hybridized carbons (Fsp3) is 0.149. The van der Waals surface area contributed by atoms with E-state index >= 15 is 0 Å². The normalized spacial score (nSPS) is 11.7. The second-order valence-electron chi connectivity index (χ2n) is 14.2. The van der Waals surface area contributed by atoms with Gasteiger partial charge in [-0.15, -0.1) is 0 Å². The smallest absolute Gasteiger partial charge is 0.166 e. The van der Waals surface area contributed by atoms with Crippen molar-refractivity contribution in [2.24, 2.45) is 0 Å². The maximum atomic E-state index is 12.3. The third kappa shape index (κ3) is 4.59. The van der Waals surface area contributed by atoms with E-state index in [0.29, 0.717) is 32.8 Å². The number of hydrogen-bond donors (Lipinski definition) is 4. The van der Waals surface area contributed by atoms with Crippen molar-refractivity contribution in [3.63, 3.8) is 0 Å². The number of aryl methyl sites for hydroxylation is 4. The number of rotatable bonds is 3. The summed E-state index contributed by atoms with van der Waals surface area (Å²) in [5.41, 5.74) is 10.8. The lowest BCUT2D eigenvalue weighted by molar-refractivity contribution is 0.405. The molecule has 4 nitrogen and oxygen atoms in total. The number of benzene rings is 8. The molecule has 8 aromatic rings. The standard InChI is InChI=1S/C47H40O4/c1-23-20-24(2)44(48)39(26(23)4)41-37-21-25(3)45(49)47(51)42(37)40(43-38(41)28(6)27(5)29(7)46(43)50)36-17-11-15-34-33(14-10-16-35(34)36)32-19-18-30-12-8-9-13-31(30)22-32/h8-22,48-51H,1-7H3. The summed E-state index contributed by atoms with van der Waals surface area (Å²) in [5, 5.41) is 54.3. The van der Waals surface area contributed by atoms with Crippen LogP contribution >= 0.6 is 0 Å². The Kier molecular flexibility index (Phi) is 7.28. The van der Waals surface area contributed by atoms with E-state index in [1.807, 2.05) is 77.1 Å². The molecule has 0 radical (unpaired) electrons. The molecule has 4 heteroatoms. The fourth-order valence-corrected chi connectivity index (χ4v) is 8.24. The monoisotopic (exact) mass is 668 g/mol. The van der Waals surface area contributed by atoms with Crippen molar-refractivity contribution in [3.8, 4) is 56.4 Å². The molecule has 252 valence electrons. The van der Waals surface area contributed by atoms with Gasteiger partial charge in [0.15, 0.2) is 11.5 Å². The average molecular weight is 669 g/mol. The molecule has 4 N–H and O–H groups in total. The van der Waals surface area contributed by atoms with Gasteiger partial charge in [-0.2, -0.15) is 0 Å². The summed E-state index contributed by atoms with van der Waals surface area (Å²) in [4.78, 5) is 0. The molecule has 0 aliphatic heterocycles. The zero-order valence-electron chi connectivity index (χ0n) is 29.9. The fourth-order valence-electron chi connectivity index (χ4n) is 8.24. The van der Waals surface area contributed by atoms with Crippen LogP contribution in [0.4, 0.5) is 0 Å². The molecule has 0 heterocycles. The van der Waals surface area contributed by atoms with Gasteiger partial charge in [0.05, 0.1) is 0 Å². The van der Waals surface area contributed by atoms with Crippen LogP contribution in [0.1, 0.15) is 38.9 Å². The summed E-state index contributed by atoms with van der Waals surface area (Å²) in [6, 6.07) is 31.1. The van der Waals surface area contributed by atoms with Crippen LogP contribution in [0.3, 0.4) is 0 Å². The van der Waals surface area contributed by atoms with Gasteiger partial charge in [-0.25, -0.2) is 0 Å². The average Bonchev–Trinajstić information content (AvgIpc) is 3.13. The predicted molar refractivity (Wildman–Crippen MR) is 213 cm³/mol. The van der Waals surface area contributed by atoms with Crippen LogP contribution < -0.4 is 0 Å². The molecule has 8 rings (SSSR count). The van der Waals surface area contributed by atoms with Crippen molar-refractivity contribution < 1.29 is 20.4 Å². The Hall–Kier alpha value is -6.00. The van der Waals surface area contributed by atoms with E-state index in [1.165, 1.54) is 5.39 Å². The molecule has 0 saturated heterocycles. The van der Waals surface area contributed by atoms with E-state index < -0.39 is 0 Å². The maximum absolute atomic E-state index is 12.3. The molecule has 51 heavy (non-hydrogen) atoms. The van der Waals surface area contributed by atoms with Crippen LogP contribution in [-0.2, 0) is 0 Å². The van der Waals surface area contributed by atoms with Crippen LogP contribution in [-0.4, -0.2) is 20.4 Å². The first-order chi connectivity index (χ1) is 24.4. The summed E-state index contributed by atoms with van der Waals surface area (Å²) in [7, 11) is 0. The Morgan fingerprint density at radius 2 is 1.00 bits per heavy atom. The first-order valence-corrected chi connectivity index (χ1v) is 17.4. The Labute approximate surface area is 297 Å². The van der Waals surface area contributed by atoms with E-state index in [2.05, 4.69) is 55.5 Å². The van der Waals surface area contributed by atoms with Gasteiger partial charge in [0, 0.05) is 27.5 Å². The molecule has 0 aromatic heterocycles. The van der Waals surface area contributed by atoms with Crippen LogP contribution in [0.5, 0.6) is 23.0 Å². The molecule has 0 amide bonds. The van der Waals surface area contributed by atoms with Crippen molar-refractivity contribution in [3.05, 3.63) is 130 Å². The van der Waals surface area contributed by atoms with Gasteiger partial charge in [0.2, 0.25) is 0 Å². The van der Waals surface area contributed by atoms with E-state index in [-0.39, 0.29) is 23.0 Å². The van der Waals surface area contributed by atoms with Gasteiger partial charge >= 0.3 is 0 Å². The minimum Gasteiger partial charge on any atom is -0.507 e. The molecular weight excluding hydrogens is 629 g/mol. The van der Waals surface area contributed by atoms with Crippen molar-refractivity contribution in [1.82, 2.24) is 0 Å². The minimum absolute atomic E-state index is 0.106. The zero-order valence-corrected chi connectivity index (χ0v) is 29.9. The Morgan fingerprint density at radius 3 is 1.73 bits per heavy atom. The molecule has 8 aromatic carbocycles. The number of hydrogen-bond acceptors (Lipinski definition) is 4. The third-order valence-electron chi connectivity index (χ3n) is 11.3. The first kappa shape index (κ1) is 32.2. The molecule has 0 bridgehead atoms. The molecule has 0 fully saturated rings. The highest BCUT2D eigenvalue weighted by atomic mass is 16.3. The maximum Gasteiger partial charge on any atom is 0.166 e. The summed E-state index contributed by atoms with van der Waals surface area (Å²) in [6.45, 7) is 13.7. The molecule has 0 spiro atoms. The Morgan fingerprint density at radius 1 is 0.353 bits per heavy atom. The highest BCUT2D eigenvalue weighted by molar-refractivity contribution is 6.28. The first-order valence-electron chi connectivity index (χ1n) is 17.4. The van der Waals surface area contributed by atoms with Gasteiger partial charge in [0.1, 0.15) is 11.5 Å². The van der Waals surface area contributed by atoms with E-state index in [9.17, 15) is 20.4 Å². The number of phenolic OH excluding ortho intramolecular Hbond substituents is 4. The van der Waals surface area contributed by atoms with Crippen molar-refractivity contribution in [2.75, 3.05) is 0 Å². The van der Waals surface area contributed by atoms with Crippen molar-refractivity contribution in [2.45, 2.75) is 48.5 Å². The minimum atomic E-state index is -0.261. The van der Waals surface area contributed by atoms with E-state index in [4.69, 9.17) is 0 Å². The van der Waals surface area contributed by atoms with Gasteiger partial charge in [-0.1, -0.05) is 78.9 Å². The largest absolute Gasteiger partial charge is 0.507 e. The van der Waals surface area contributed by atoms with Gasteiger partial charge in [-0.3, -0.25) is 0 Å². The lowest BCUT2D eigenvalue weighted by atomic mass is 9.78. The van der Waals surface area contributed by atoms with Gasteiger partial charge < -0.3 is 20.4 Å². The predicted octanol–water partition coefficient (Wildman–Crippen LogP) is 12.3. The van der Waals surface area contributed by atoms with Crippen LogP contribution in [0.25, 0.3) is 76.5 Å². The molecule has 0 aliphatic carbocycles. The number of fused-ring (bicyclic) bond motifs is 4. The number of phenols is 4. The van der Waals surface area contributed by atoms with E-state index in [1.54, 1.807) is 6.92 Å². The Bertz CT molecular complexity index is 2780. The van der Waals surface area contributed by atoms with Crippen LogP contribution in [0.15, 0.2) is 91.0 Å². The van der Waals surface area contributed by atoms with Crippen LogP contribution in [0.2, 0.25) is 0 Å². The molecule has 0 aliphatic rings. The number of aromatic hydroxyl groups is 4. The van der Waals surface area contributed by atoms with Gasteiger partial charge in [0.25, 0.3) is 0 Å². The third-order valence-corrected chi connectivity index (χ3v) is 11.3. The zero-order chi connectivity index (χ0) is 36.0. The summed E-state index contributed by atoms with van der Waals surface area (Å²) in [5.74, 6) is -0.217. The quantitative estimate of drug-likeness (QED) is 0.112. The second kappa shape index (κ2) is 11.5. The Balaban J connectivity index is 1.61. The highest BCUT2D eigenvalue weighted by Gasteiger charge is 2.29. The van der Waals surface area contributed by atoms with Crippen molar-refractivity contribution in [1.29, 1.82) is 0 Å². The SMILES string of the molecule is Cc1cc(C)c(O)c(-c2c3cc(C)c(O)c(O)c3c(-c3cccc4c(-c5ccc6ccccc6c5)cccc34)c3c(O)c(C)c(C)c(C)c23)c1C. The molecule has 0 saturated carbocycles. The molecular formula is C47H40O4.